The lowest BCUT2D eigenvalue weighted by Gasteiger charge is -2.36. The van der Waals surface area contributed by atoms with Crippen molar-refractivity contribution in [2.45, 2.75) is 31.6 Å². The minimum atomic E-state index is -4.49. The van der Waals surface area contributed by atoms with E-state index in [0.29, 0.717) is 26.2 Å². The topological polar surface area (TPSA) is 62.6 Å². The Morgan fingerprint density at radius 3 is 2.42 bits per heavy atom. The lowest BCUT2D eigenvalue weighted by atomic mass is 9.96. The van der Waals surface area contributed by atoms with E-state index in [1.54, 1.807) is 12.0 Å². The van der Waals surface area contributed by atoms with Crippen molar-refractivity contribution >= 4 is 17.4 Å². The molecule has 1 N–H and O–H groups in total. The number of ether oxygens (including phenoxy) is 1. The van der Waals surface area contributed by atoms with E-state index in [1.807, 2.05) is 55.5 Å². The minimum Gasteiger partial charge on any atom is -0.495 e. The van der Waals surface area contributed by atoms with E-state index in [1.165, 1.54) is 6.07 Å². The molecule has 36 heavy (non-hydrogen) atoms. The lowest BCUT2D eigenvalue weighted by molar-refractivity contribution is -0.173. The molecule has 2 aromatic carbocycles. The molecule has 3 aromatic rings. The second-order valence-corrected chi connectivity index (χ2v) is 9.21. The SMILES string of the molecule is COc1ccccc1N1CCN(C(=O)c2cc3n(n2)[C@H](C(F)(F)F)C[C@@H](c2ccc(C)cc2)N3)CC1. The normalized spacial score (nSPS) is 20.0. The Kier molecular flexibility index (Phi) is 6.27. The Bertz CT molecular complexity index is 1230. The van der Waals surface area contributed by atoms with Gasteiger partial charge in [-0.3, -0.25) is 4.79 Å². The Hall–Kier alpha value is -3.69. The van der Waals surface area contributed by atoms with E-state index in [9.17, 15) is 18.0 Å². The first kappa shape index (κ1) is 24.0. The molecule has 0 radical (unpaired) electrons. The third-order valence-corrected chi connectivity index (χ3v) is 6.88. The molecular weight excluding hydrogens is 471 g/mol. The fourth-order valence-electron chi connectivity index (χ4n) is 4.90. The van der Waals surface area contributed by atoms with Gasteiger partial charge in [0.05, 0.1) is 18.8 Å². The number of methoxy groups -OCH3 is 1. The lowest BCUT2D eigenvalue weighted by Crippen LogP contribution is -2.49. The van der Waals surface area contributed by atoms with Crippen LogP contribution in [0, 0.1) is 6.92 Å². The van der Waals surface area contributed by atoms with E-state index >= 15 is 0 Å². The average Bonchev–Trinajstić information content (AvgIpc) is 3.32. The summed E-state index contributed by atoms with van der Waals surface area (Å²) in [5.41, 5.74) is 2.76. The number of halogens is 3. The first-order valence-electron chi connectivity index (χ1n) is 11.9. The van der Waals surface area contributed by atoms with Gasteiger partial charge in [-0.25, -0.2) is 4.68 Å². The standard InChI is InChI=1S/C26H28F3N5O2/c1-17-7-9-18(10-8-17)19-15-23(26(27,28)29)34-24(30-19)16-20(31-34)25(35)33-13-11-32(12-14-33)21-5-3-4-6-22(21)36-2/h3-10,16,19,23,30H,11-15H2,1-2H3/t19-,23-/m0/s1. The van der Waals surface area contributed by atoms with Crippen LogP contribution in [0.2, 0.25) is 0 Å². The number of piperazine rings is 1. The molecule has 1 aromatic heterocycles. The van der Waals surface area contributed by atoms with Crippen molar-refractivity contribution in [2.75, 3.05) is 43.5 Å². The molecule has 0 bridgehead atoms. The van der Waals surface area contributed by atoms with Gasteiger partial charge in [0.1, 0.15) is 11.6 Å². The number of carbonyl (C=O) groups excluding carboxylic acids is 1. The van der Waals surface area contributed by atoms with Crippen LogP contribution in [-0.2, 0) is 0 Å². The van der Waals surface area contributed by atoms with Crippen LogP contribution < -0.4 is 15.0 Å². The van der Waals surface area contributed by atoms with E-state index < -0.39 is 18.3 Å². The van der Waals surface area contributed by atoms with Crippen LogP contribution in [0.3, 0.4) is 0 Å². The number of aryl methyl sites for hydroxylation is 1. The highest BCUT2D eigenvalue weighted by Gasteiger charge is 2.47. The van der Waals surface area contributed by atoms with Gasteiger partial charge in [-0.2, -0.15) is 18.3 Å². The fraction of sp³-hybridized carbons (Fsp3) is 0.385. The molecule has 190 valence electrons. The molecule has 1 amide bonds. The van der Waals surface area contributed by atoms with Crippen molar-refractivity contribution in [3.05, 3.63) is 71.4 Å². The summed E-state index contributed by atoms with van der Waals surface area (Å²) >= 11 is 0. The maximum Gasteiger partial charge on any atom is 0.410 e. The van der Waals surface area contributed by atoms with Crippen LogP contribution in [0.1, 0.15) is 40.1 Å². The summed E-state index contributed by atoms with van der Waals surface area (Å²) in [6, 6.07) is 14.2. The molecule has 1 saturated heterocycles. The Labute approximate surface area is 207 Å². The largest absolute Gasteiger partial charge is 0.495 e. The van der Waals surface area contributed by atoms with E-state index in [-0.39, 0.29) is 23.8 Å². The number of amides is 1. The van der Waals surface area contributed by atoms with Crippen molar-refractivity contribution in [1.82, 2.24) is 14.7 Å². The molecule has 2 aliphatic heterocycles. The van der Waals surface area contributed by atoms with Crippen molar-refractivity contribution < 1.29 is 22.7 Å². The average molecular weight is 500 g/mol. The Morgan fingerprint density at radius 1 is 1.06 bits per heavy atom. The van der Waals surface area contributed by atoms with E-state index in [0.717, 1.165) is 27.2 Å². The highest BCUT2D eigenvalue weighted by Crippen LogP contribution is 2.43. The molecule has 1 fully saturated rings. The molecule has 3 heterocycles. The quantitative estimate of drug-likeness (QED) is 0.558. The molecule has 2 atom stereocenters. The van der Waals surface area contributed by atoms with E-state index in [2.05, 4.69) is 15.3 Å². The van der Waals surface area contributed by atoms with Crippen molar-refractivity contribution in [3.63, 3.8) is 0 Å². The third-order valence-electron chi connectivity index (χ3n) is 6.88. The van der Waals surface area contributed by atoms with Gasteiger partial charge in [0.2, 0.25) is 0 Å². The third kappa shape index (κ3) is 4.59. The summed E-state index contributed by atoms with van der Waals surface area (Å²) in [4.78, 5) is 17.0. The highest BCUT2D eigenvalue weighted by molar-refractivity contribution is 5.93. The summed E-state index contributed by atoms with van der Waals surface area (Å²) in [6.45, 7) is 3.96. The van der Waals surface area contributed by atoms with Crippen molar-refractivity contribution in [2.24, 2.45) is 0 Å². The van der Waals surface area contributed by atoms with Crippen LogP contribution in [0.4, 0.5) is 24.7 Å². The Balaban J connectivity index is 1.34. The summed E-state index contributed by atoms with van der Waals surface area (Å²) in [5.74, 6) is 0.586. The van der Waals surface area contributed by atoms with Crippen molar-refractivity contribution in [1.29, 1.82) is 0 Å². The number of rotatable bonds is 4. The first-order valence-corrected chi connectivity index (χ1v) is 11.9. The fourth-order valence-corrected chi connectivity index (χ4v) is 4.90. The number of para-hydroxylation sites is 2. The van der Waals surface area contributed by atoms with Gasteiger partial charge in [0, 0.05) is 38.7 Å². The molecular formula is C26H28F3N5O2. The number of anilines is 2. The summed E-state index contributed by atoms with van der Waals surface area (Å²) in [7, 11) is 1.62. The zero-order valence-corrected chi connectivity index (χ0v) is 20.1. The summed E-state index contributed by atoms with van der Waals surface area (Å²) < 4.78 is 48.4. The van der Waals surface area contributed by atoms with Gasteiger partial charge in [-0.15, -0.1) is 0 Å². The van der Waals surface area contributed by atoms with Gasteiger partial charge in [-0.1, -0.05) is 42.0 Å². The Morgan fingerprint density at radius 2 is 1.75 bits per heavy atom. The van der Waals surface area contributed by atoms with Crippen molar-refractivity contribution in [3.8, 4) is 5.75 Å². The molecule has 7 nitrogen and oxygen atoms in total. The predicted octanol–water partition coefficient (Wildman–Crippen LogP) is 4.82. The number of carbonyl (C=O) groups is 1. The zero-order valence-electron chi connectivity index (χ0n) is 20.1. The molecule has 5 rings (SSSR count). The minimum absolute atomic E-state index is 0.0158. The number of nitrogens with one attached hydrogen (secondary N) is 1. The molecule has 0 aliphatic carbocycles. The maximum atomic E-state index is 14.0. The number of fused-ring (bicyclic) bond motifs is 1. The molecule has 2 aliphatic rings. The van der Waals surface area contributed by atoms with Gasteiger partial charge < -0.3 is 19.9 Å². The number of hydrogen-bond acceptors (Lipinski definition) is 5. The van der Waals surface area contributed by atoms with Crippen LogP contribution in [0.15, 0.2) is 54.6 Å². The van der Waals surface area contributed by atoms with Gasteiger partial charge >= 0.3 is 6.18 Å². The maximum absolute atomic E-state index is 14.0. The summed E-state index contributed by atoms with van der Waals surface area (Å²) in [5, 5.41) is 7.29. The second-order valence-electron chi connectivity index (χ2n) is 9.21. The van der Waals surface area contributed by atoms with Crippen LogP contribution in [0.5, 0.6) is 5.75 Å². The second kappa shape index (κ2) is 9.40. The van der Waals surface area contributed by atoms with Crippen LogP contribution in [0.25, 0.3) is 0 Å². The van der Waals surface area contributed by atoms with E-state index in [4.69, 9.17) is 4.74 Å². The number of alkyl halides is 3. The van der Waals surface area contributed by atoms with Crippen LogP contribution >= 0.6 is 0 Å². The summed E-state index contributed by atoms with van der Waals surface area (Å²) in [6.07, 6.45) is -4.70. The molecule has 0 unspecified atom stereocenters. The van der Waals surface area contributed by atoms with Gasteiger partial charge in [-0.05, 0) is 24.6 Å². The van der Waals surface area contributed by atoms with Gasteiger partial charge in [0.15, 0.2) is 11.7 Å². The highest BCUT2D eigenvalue weighted by atomic mass is 19.4. The number of hydrogen-bond donors (Lipinski definition) is 1. The number of benzene rings is 2. The molecule has 0 spiro atoms. The predicted molar refractivity (Wildman–Crippen MR) is 131 cm³/mol. The van der Waals surface area contributed by atoms with Crippen LogP contribution in [-0.4, -0.2) is 60.1 Å². The molecule has 10 heteroatoms. The molecule has 0 saturated carbocycles. The smallest absolute Gasteiger partial charge is 0.410 e. The number of nitrogens with zero attached hydrogens (tertiary/aromatic N) is 4. The zero-order chi connectivity index (χ0) is 25.4. The number of aromatic nitrogens is 2. The first-order chi connectivity index (χ1) is 17.2. The van der Waals surface area contributed by atoms with Gasteiger partial charge in [0.25, 0.3) is 5.91 Å². The monoisotopic (exact) mass is 499 g/mol.